The summed E-state index contributed by atoms with van der Waals surface area (Å²) in [5.41, 5.74) is 1.14. The molecule has 18 heavy (non-hydrogen) atoms. The second-order valence-corrected chi connectivity index (χ2v) is 6.52. The van der Waals surface area contributed by atoms with Crippen LogP contribution in [0.5, 0.6) is 0 Å². The molecule has 1 aromatic carbocycles. The Kier molecular flexibility index (Phi) is 4.69. The molecule has 0 bridgehead atoms. The topological polar surface area (TPSA) is 20.2 Å². The highest BCUT2D eigenvalue weighted by atomic mass is 35.5. The fraction of sp³-hybridized carbons (Fsp3) is 0.625. The molecule has 0 saturated heterocycles. The van der Waals surface area contributed by atoms with Crippen LogP contribution in [0.3, 0.4) is 0 Å². The molecule has 1 fully saturated rings. The summed E-state index contributed by atoms with van der Waals surface area (Å²) in [6.07, 6.45) is 4.12. The van der Waals surface area contributed by atoms with E-state index in [-0.39, 0.29) is 6.10 Å². The predicted molar refractivity (Wildman–Crippen MR) is 76.8 cm³/mol. The third-order valence-corrected chi connectivity index (χ3v) is 4.33. The monoisotopic (exact) mass is 266 g/mol. The molecule has 0 aliphatic heterocycles. The van der Waals surface area contributed by atoms with Gasteiger partial charge in [-0.3, -0.25) is 0 Å². The van der Waals surface area contributed by atoms with Crippen molar-refractivity contribution in [1.82, 2.24) is 0 Å². The number of aliphatic hydroxyl groups is 1. The highest BCUT2D eigenvalue weighted by Crippen LogP contribution is 2.35. The zero-order valence-electron chi connectivity index (χ0n) is 11.3. The molecule has 2 rings (SSSR count). The summed E-state index contributed by atoms with van der Waals surface area (Å²) in [4.78, 5) is 0. The molecule has 1 nitrogen and oxygen atoms in total. The van der Waals surface area contributed by atoms with Crippen molar-refractivity contribution in [2.75, 3.05) is 0 Å². The van der Waals surface area contributed by atoms with Crippen molar-refractivity contribution in [3.8, 4) is 0 Å². The van der Waals surface area contributed by atoms with Gasteiger partial charge in [-0.15, -0.1) is 0 Å². The van der Waals surface area contributed by atoms with E-state index < -0.39 is 0 Å². The number of hydrogen-bond donors (Lipinski definition) is 1. The Morgan fingerprint density at radius 2 is 1.89 bits per heavy atom. The van der Waals surface area contributed by atoms with Crippen molar-refractivity contribution in [3.63, 3.8) is 0 Å². The van der Waals surface area contributed by atoms with Crippen molar-refractivity contribution < 1.29 is 5.11 Å². The minimum absolute atomic E-state index is 0.228. The van der Waals surface area contributed by atoms with Gasteiger partial charge >= 0.3 is 0 Å². The smallest absolute Gasteiger partial charge is 0.0608 e. The Labute approximate surface area is 115 Å². The van der Waals surface area contributed by atoms with Gasteiger partial charge in [0.05, 0.1) is 6.10 Å². The van der Waals surface area contributed by atoms with Crippen LogP contribution in [0.2, 0.25) is 5.02 Å². The third kappa shape index (κ3) is 3.73. The van der Waals surface area contributed by atoms with Crippen LogP contribution in [0.25, 0.3) is 0 Å². The molecule has 3 unspecified atom stereocenters. The van der Waals surface area contributed by atoms with E-state index in [2.05, 4.69) is 13.8 Å². The summed E-state index contributed by atoms with van der Waals surface area (Å²) in [5.74, 6) is 1.93. The standard InChI is InChI=1S/C16H23ClO/c1-11-6-12(2)8-14(7-11)16(18)10-13-4-3-5-15(17)9-13/h3-5,9,11-12,14,16,18H,6-8,10H2,1-2H3. The first-order valence-corrected chi connectivity index (χ1v) is 7.35. The number of halogens is 1. The zero-order chi connectivity index (χ0) is 13.1. The van der Waals surface area contributed by atoms with Crippen LogP contribution in [0.1, 0.15) is 38.7 Å². The molecule has 1 aliphatic rings. The molecule has 2 heteroatoms. The largest absolute Gasteiger partial charge is 0.392 e. The van der Waals surface area contributed by atoms with Crippen molar-refractivity contribution >= 4 is 11.6 Å². The molecule has 0 spiro atoms. The molecule has 0 amide bonds. The van der Waals surface area contributed by atoms with Crippen LogP contribution in [0.15, 0.2) is 24.3 Å². The first-order chi connectivity index (χ1) is 8.54. The second-order valence-electron chi connectivity index (χ2n) is 6.08. The quantitative estimate of drug-likeness (QED) is 0.864. The van der Waals surface area contributed by atoms with Gasteiger partial charge in [-0.05, 0) is 61.1 Å². The van der Waals surface area contributed by atoms with Crippen molar-refractivity contribution in [2.45, 2.75) is 45.6 Å². The van der Waals surface area contributed by atoms with Gasteiger partial charge in [0.25, 0.3) is 0 Å². The Morgan fingerprint density at radius 1 is 1.22 bits per heavy atom. The minimum atomic E-state index is -0.228. The molecule has 0 aromatic heterocycles. The van der Waals surface area contributed by atoms with Crippen molar-refractivity contribution in [2.24, 2.45) is 17.8 Å². The predicted octanol–water partition coefficient (Wildman–Crippen LogP) is 4.32. The Balaban J connectivity index is 1.97. The van der Waals surface area contributed by atoms with Crippen molar-refractivity contribution in [1.29, 1.82) is 0 Å². The van der Waals surface area contributed by atoms with E-state index in [9.17, 15) is 5.11 Å². The Bertz CT molecular complexity index is 380. The average molecular weight is 267 g/mol. The number of aliphatic hydroxyl groups excluding tert-OH is 1. The van der Waals surface area contributed by atoms with Crippen LogP contribution in [0, 0.1) is 17.8 Å². The molecular formula is C16H23ClO. The van der Waals surface area contributed by atoms with Gasteiger partial charge in [-0.1, -0.05) is 37.6 Å². The average Bonchev–Trinajstić information content (AvgIpc) is 2.27. The molecule has 3 atom stereocenters. The summed E-state index contributed by atoms with van der Waals surface area (Å²) < 4.78 is 0. The highest BCUT2D eigenvalue weighted by molar-refractivity contribution is 6.30. The lowest BCUT2D eigenvalue weighted by molar-refractivity contribution is 0.0561. The fourth-order valence-electron chi connectivity index (χ4n) is 3.40. The lowest BCUT2D eigenvalue weighted by atomic mass is 9.73. The van der Waals surface area contributed by atoms with Gasteiger partial charge in [0.1, 0.15) is 0 Å². The van der Waals surface area contributed by atoms with Crippen molar-refractivity contribution in [3.05, 3.63) is 34.9 Å². The van der Waals surface area contributed by atoms with Crippen LogP contribution < -0.4 is 0 Å². The van der Waals surface area contributed by atoms with Gasteiger partial charge in [0, 0.05) is 5.02 Å². The molecular weight excluding hydrogens is 244 g/mol. The summed E-state index contributed by atoms with van der Waals surface area (Å²) in [5, 5.41) is 11.2. The molecule has 1 aromatic rings. The summed E-state index contributed by atoms with van der Waals surface area (Å²) in [6, 6.07) is 7.84. The minimum Gasteiger partial charge on any atom is -0.392 e. The summed E-state index contributed by atoms with van der Waals surface area (Å²) in [6.45, 7) is 4.60. The third-order valence-electron chi connectivity index (χ3n) is 4.09. The van der Waals surface area contributed by atoms with E-state index in [1.807, 2.05) is 24.3 Å². The van der Waals surface area contributed by atoms with Crippen LogP contribution in [-0.4, -0.2) is 11.2 Å². The second kappa shape index (κ2) is 6.08. The maximum atomic E-state index is 10.4. The molecule has 0 heterocycles. The SMILES string of the molecule is CC1CC(C)CC(C(O)Cc2cccc(Cl)c2)C1. The number of rotatable bonds is 3. The van der Waals surface area contributed by atoms with E-state index in [4.69, 9.17) is 11.6 Å². The van der Waals surface area contributed by atoms with Crippen LogP contribution in [0.4, 0.5) is 0 Å². The normalized spacial score (nSPS) is 30.1. The van der Waals surface area contributed by atoms with Gasteiger partial charge in [0.15, 0.2) is 0 Å². The molecule has 1 aliphatic carbocycles. The summed E-state index contributed by atoms with van der Waals surface area (Å²) >= 11 is 5.98. The summed E-state index contributed by atoms with van der Waals surface area (Å²) in [7, 11) is 0. The van der Waals surface area contributed by atoms with Crippen LogP contribution in [-0.2, 0) is 6.42 Å². The van der Waals surface area contributed by atoms with Crippen LogP contribution >= 0.6 is 11.6 Å². The first-order valence-electron chi connectivity index (χ1n) is 6.97. The Morgan fingerprint density at radius 3 is 2.50 bits per heavy atom. The zero-order valence-corrected chi connectivity index (χ0v) is 12.0. The molecule has 1 saturated carbocycles. The van der Waals surface area contributed by atoms with E-state index in [0.717, 1.165) is 41.7 Å². The maximum absolute atomic E-state index is 10.4. The van der Waals surface area contributed by atoms with Gasteiger partial charge in [-0.2, -0.15) is 0 Å². The Hall–Kier alpha value is -0.530. The van der Waals surface area contributed by atoms with E-state index >= 15 is 0 Å². The maximum Gasteiger partial charge on any atom is 0.0608 e. The first kappa shape index (κ1) is 13.9. The van der Waals surface area contributed by atoms with E-state index in [1.54, 1.807) is 0 Å². The molecule has 0 radical (unpaired) electrons. The molecule has 100 valence electrons. The van der Waals surface area contributed by atoms with Gasteiger partial charge in [0.2, 0.25) is 0 Å². The number of benzene rings is 1. The van der Waals surface area contributed by atoms with Gasteiger partial charge in [-0.25, -0.2) is 0 Å². The van der Waals surface area contributed by atoms with Gasteiger partial charge < -0.3 is 5.11 Å². The number of hydrogen-bond acceptors (Lipinski definition) is 1. The highest BCUT2D eigenvalue weighted by Gasteiger charge is 2.28. The lowest BCUT2D eigenvalue weighted by Gasteiger charge is -2.34. The van der Waals surface area contributed by atoms with E-state index in [0.29, 0.717) is 5.92 Å². The lowest BCUT2D eigenvalue weighted by Crippen LogP contribution is -2.30. The fourth-order valence-corrected chi connectivity index (χ4v) is 3.61. The molecule has 1 N–H and O–H groups in total. The van der Waals surface area contributed by atoms with E-state index in [1.165, 1.54) is 6.42 Å².